The quantitative estimate of drug-likeness (QED) is 0.621. The highest BCUT2D eigenvalue weighted by atomic mass is 79.9. The smallest absolute Gasteiger partial charge is 0.222 e. The minimum Gasteiger partial charge on any atom is -0.243 e. The Balaban J connectivity index is 2.05. The van der Waals surface area contributed by atoms with E-state index in [1.165, 1.54) is 0 Å². The third-order valence-electron chi connectivity index (χ3n) is 2.19. The summed E-state index contributed by atoms with van der Waals surface area (Å²) in [6.45, 7) is 0. The van der Waals surface area contributed by atoms with Crippen LogP contribution in [-0.4, -0.2) is 15.0 Å². The minimum atomic E-state index is 0.235. The van der Waals surface area contributed by atoms with Crippen molar-refractivity contribution in [2.45, 2.75) is 0 Å². The fourth-order valence-corrected chi connectivity index (χ4v) is 3.81. The molecule has 90 valence electrons. The molecular weight excluding hydrogens is 354 g/mol. The third kappa shape index (κ3) is 2.33. The molecule has 0 unspecified atom stereocenters. The number of hydrogen-bond acceptors (Lipinski definition) is 5. The number of thiophene rings is 1. The first-order valence-electron chi connectivity index (χ1n) is 4.92. The van der Waals surface area contributed by atoms with Gasteiger partial charge in [0, 0.05) is 12.4 Å². The molecule has 0 aliphatic carbocycles. The summed E-state index contributed by atoms with van der Waals surface area (Å²) in [4.78, 5) is 14.7. The summed E-state index contributed by atoms with van der Waals surface area (Å²) >= 11 is 12.5. The van der Waals surface area contributed by atoms with Crippen LogP contribution in [0.4, 0.5) is 0 Å². The Labute approximate surface area is 125 Å². The number of hydrogen-bond donors (Lipinski definition) is 0. The first kappa shape index (κ1) is 12.2. The molecule has 3 heterocycles. The number of thiazole rings is 1. The summed E-state index contributed by atoms with van der Waals surface area (Å²) in [5.74, 6) is 0. The monoisotopic (exact) mass is 357 g/mol. The van der Waals surface area contributed by atoms with Gasteiger partial charge in [-0.1, -0.05) is 6.07 Å². The van der Waals surface area contributed by atoms with Crippen LogP contribution in [0.15, 0.2) is 34.4 Å². The van der Waals surface area contributed by atoms with E-state index in [1.54, 1.807) is 28.9 Å². The van der Waals surface area contributed by atoms with Crippen molar-refractivity contribution < 1.29 is 0 Å². The van der Waals surface area contributed by atoms with E-state index in [-0.39, 0.29) is 5.28 Å². The Hall–Kier alpha value is -0.820. The van der Waals surface area contributed by atoms with Gasteiger partial charge in [-0.2, -0.15) is 0 Å². The van der Waals surface area contributed by atoms with Gasteiger partial charge in [-0.05, 0) is 39.0 Å². The maximum Gasteiger partial charge on any atom is 0.222 e. The molecule has 0 amide bonds. The van der Waals surface area contributed by atoms with E-state index < -0.39 is 0 Å². The second-order valence-corrected chi connectivity index (χ2v) is 6.51. The lowest BCUT2D eigenvalue weighted by molar-refractivity contribution is 1.16. The van der Waals surface area contributed by atoms with Crippen molar-refractivity contribution in [1.82, 2.24) is 15.0 Å². The summed E-state index contributed by atoms with van der Waals surface area (Å²) in [7, 11) is 0. The van der Waals surface area contributed by atoms with Crippen molar-refractivity contribution >= 4 is 50.2 Å². The van der Waals surface area contributed by atoms with Crippen LogP contribution in [0, 0.1) is 0 Å². The fraction of sp³-hybridized carbons (Fsp3) is 0. The van der Waals surface area contributed by atoms with Gasteiger partial charge < -0.3 is 0 Å². The Kier molecular flexibility index (Phi) is 3.43. The van der Waals surface area contributed by atoms with E-state index in [9.17, 15) is 0 Å². The molecule has 0 fully saturated rings. The highest BCUT2D eigenvalue weighted by Crippen LogP contribution is 2.36. The molecule has 18 heavy (non-hydrogen) atoms. The van der Waals surface area contributed by atoms with Crippen LogP contribution < -0.4 is 0 Å². The van der Waals surface area contributed by atoms with Crippen LogP contribution in [0.2, 0.25) is 5.28 Å². The van der Waals surface area contributed by atoms with Gasteiger partial charge in [0.25, 0.3) is 0 Å². The maximum atomic E-state index is 5.82. The van der Waals surface area contributed by atoms with Gasteiger partial charge >= 0.3 is 0 Å². The lowest BCUT2D eigenvalue weighted by atomic mass is 10.4. The lowest BCUT2D eigenvalue weighted by Crippen LogP contribution is -1.86. The Morgan fingerprint density at radius 2 is 2.06 bits per heavy atom. The number of nitrogens with zero attached hydrogens (tertiary/aromatic N) is 3. The zero-order valence-corrected chi connectivity index (χ0v) is 12.8. The van der Waals surface area contributed by atoms with Crippen molar-refractivity contribution in [2.24, 2.45) is 0 Å². The molecule has 0 aliphatic heterocycles. The fourth-order valence-electron chi connectivity index (χ4n) is 1.42. The van der Waals surface area contributed by atoms with Gasteiger partial charge in [-0.15, -0.1) is 22.7 Å². The largest absolute Gasteiger partial charge is 0.243 e. The van der Waals surface area contributed by atoms with Gasteiger partial charge in [0.05, 0.1) is 14.2 Å². The van der Waals surface area contributed by atoms with Crippen molar-refractivity contribution in [1.29, 1.82) is 0 Å². The number of rotatable bonds is 2. The molecule has 0 saturated heterocycles. The summed E-state index contributed by atoms with van der Waals surface area (Å²) in [6, 6.07) is 4.06. The minimum absolute atomic E-state index is 0.235. The maximum absolute atomic E-state index is 5.82. The van der Waals surface area contributed by atoms with E-state index in [0.29, 0.717) is 0 Å². The van der Waals surface area contributed by atoms with Gasteiger partial charge in [0.15, 0.2) is 0 Å². The third-order valence-corrected chi connectivity index (χ3v) is 4.99. The zero-order chi connectivity index (χ0) is 12.5. The van der Waals surface area contributed by atoms with E-state index in [0.717, 1.165) is 24.9 Å². The predicted octanol–water partition coefficient (Wildman–Crippen LogP) is 4.74. The summed E-state index contributed by atoms with van der Waals surface area (Å²) in [6.07, 6.45) is 3.46. The molecule has 0 atom stereocenters. The van der Waals surface area contributed by atoms with Gasteiger partial charge in [0.2, 0.25) is 5.28 Å². The van der Waals surface area contributed by atoms with Crippen LogP contribution in [0.1, 0.15) is 0 Å². The molecule has 0 aromatic carbocycles. The molecule has 3 rings (SSSR count). The van der Waals surface area contributed by atoms with Crippen LogP contribution >= 0.6 is 50.2 Å². The molecule has 3 aromatic heterocycles. The molecule has 0 radical (unpaired) electrons. The molecule has 0 spiro atoms. The highest BCUT2D eigenvalue weighted by Gasteiger charge is 2.12. The Morgan fingerprint density at radius 1 is 1.17 bits per heavy atom. The second-order valence-electron chi connectivity index (χ2n) is 3.34. The number of aromatic nitrogens is 3. The van der Waals surface area contributed by atoms with E-state index >= 15 is 0 Å². The van der Waals surface area contributed by atoms with Crippen LogP contribution in [0.5, 0.6) is 0 Å². The van der Waals surface area contributed by atoms with Crippen molar-refractivity contribution in [3.8, 4) is 20.5 Å². The van der Waals surface area contributed by atoms with Crippen molar-refractivity contribution in [3.63, 3.8) is 0 Å². The molecule has 3 nitrogen and oxygen atoms in total. The molecule has 7 heteroatoms. The van der Waals surface area contributed by atoms with Gasteiger partial charge in [-0.3, -0.25) is 0 Å². The van der Waals surface area contributed by atoms with Crippen LogP contribution in [0.25, 0.3) is 20.5 Å². The first-order valence-corrected chi connectivity index (χ1v) is 7.79. The average Bonchev–Trinajstić information content (AvgIpc) is 3.00. The standard InChI is InChI=1S/C11H5BrClN3S2/c12-6-4-15-11(13)16-9(6)8-5-14-10(18-8)7-2-1-3-17-7/h1-5H. The number of halogens is 2. The summed E-state index contributed by atoms with van der Waals surface area (Å²) < 4.78 is 0.813. The van der Waals surface area contributed by atoms with Crippen molar-refractivity contribution in [3.05, 3.63) is 39.7 Å². The first-order chi connectivity index (χ1) is 8.74. The van der Waals surface area contributed by atoms with Crippen molar-refractivity contribution in [2.75, 3.05) is 0 Å². The molecule has 0 aliphatic rings. The molecular formula is C11H5BrClN3S2. The van der Waals surface area contributed by atoms with Gasteiger partial charge in [-0.25, -0.2) is 15.0 Å². The Morgan fingerprint density at radius 3 is 2.83 bits per heavy atom. The Bertz CT molecular complexity index is 681. The predicted molar refractivity (Wildman–Crippen MR) is 79.2 cm³/mol. The summed E-state index contributed by atoms with van der Waals surface area (Å²) in [5.41, 5.74) is 0.773. The average molecular weight is 359 g/mol. The van der Waals surface area contributed by atoms with E-state index in [1.807, 2.05) is 17.6 Å². The topological polar surface area (TPSA) is 38.7 Å². The normalized spacial score (nSPS) is 10.8. The van der Waals surface area contributed by atoms with E-state index in [2.05, 4.69) is 36.9 Å². The van der Waals surface area contributed by atoms with Crippen LogP contribution in [0.3, 0.4) is 0 Å². The van der Waals surface area contributed by atoms with Crippen LogP contribution in [-0.2, 0) is 0 Å². The van der Waals surface area contributed by atoms with E-state index in [4.69, 9.17) is 11.6 Å². The lowest BCUT2D eigenvalue weighted by Gasteiger charge is -1.98. The zero-order valence-electron chi connectivity index (χ0n) is 8.80. The molecule has 0 saturated carbocycles. The summed E-state index contributed by atoms with van der Waals surface area (Å²) in [5, 5.41) is 3.26. The molecule has 0 N–H and O–H groups in total. The molecule has 3 aromatic rings. The molecule has 0 bridgehead atoms. The second kappa shape index (κ2) is 5.05. The van der Waals surface area contributed by atoms with Gasteiger partial charge in [0.1, 0.15) is 10.7 Å². The highest BCUT2D eigenvalue weighted by molar-refractivity contribution is 9.10. The SMILES string of the molecule is Clc1ncc(Br)c(-c2cnc(-c3cccs3)s2)n1.